The summed E-state index contributed by atoms with van der Waals surface area (Å²) in [6.07, 6.45) is 2.94. The van der Waals surface area contributed by atoms with Crippen LogP contribution in [-0.2, 0) is 4.79 Å². The average Bonchev–Trinajstić information content (AvgIpc) is 3.33. The molecule has 0 fully saturated rings. The van der Waals surface area contributed by atoms with Gasteiger partial charge in [0.1, 0.15) is 11.5 Å². The third-order valence-electron chi connectivity index (χ3n) is 3.39. The number of rotatable bonds is 6. The minimum absolute atomic E-state index is 0.0403. The summed E-state index contributed by atoms with van der Waals surface area (Å²) in [5.41, 5.74) is 2.69. The first kappa shape index (κ1) is 20.3. The largest absolute Gasteiger partial charge is 0.449 e. The van der Waals surface area contributed by atoms with Gasteiger partial charge in [0.2, 0.25) is 0 Å². The minimum atomic E-state index is -0.577. The number of furan rings is 1. The van der Waals surface area contributed by atoms with Gasteiger partial charge in [-0.2, -0.15) is 5.10 Å². The van der Waals surface area contributed by atoms with E-state index in [1.54, 1.807) is 42.5 Å². The molecular weight excluding hydrogens is 513 g/mol. The minimum Gasteiger partial charge on any atom is -0.449 e. The summed E-state index contributed by atoms with van der Waals surface area (Å²) in [5, 5.41) is 8.63. The lowest BCUT2D eigenvalue weighted by molar-refractivity contribution is -0.117. The molecule has 0 unspecified atom stereocenters. The third-order valence-corrected chi connectivity index (χ3v) is 5.12. The number of carbonyl (C=O) groups excluding carboxylic acids is 2. The number of carbonyl (C=O) groups is 2. The lowest BCUT2D eigenvalue weighted by atomic mass is 10.2. The molecular formula is C19H13ClIN3O3S. The quantitative estimate of drug-likeness (QED) is 0.215. The van der Waals surface area contributed by atoms with Crippen LogP contribution in [0.2, 0.25) is 5.02 Å². The Labute approximate surface area is 183 Å². The Balaban J connectivity index is 1.77. The summed E-state index contributed by atoms with van der Waals surface area (Å²) in [7, 11) is 0. The van der Waals surface area contributed by atoms with Gasteiger partial charge in [-0.1, -0.05) is 29.8 Å². The Kier molecular flexibility index (Phi) is 7.01. The summed E-state index contributed by atoms with van der Waals surface area (Å²) >= 11 is 9.52. The van der Waals surface area contributed by atoms with Crippen molar-refractivity contribution in [1.29, 1.82) is 0 Å². The van der Waals surface area contributed by atoms with Gasteiger partial charge in [-0.05, 0) is 64.4 Å². The molecule has 6 nitrogen and oxygen atoms in total. The Morgan fingerprint density at radius 2 is 1.96 bits per heavy atom. The second-order valence-electron chi connectivity index (χ2n) is 5.35. The van der Waals surface area contributed by atoms with Crippen LogP contribution in [0.5, 0.6) is 0 Å². The van der Waals surface area contributed by atoms with Crippen LogP contribution < -0.4 is 10.7 Å². The molecule has 0 aliphatic rings. The number of nitrogens with zero attached hydrogens (tertiary/aromatic N) is 1. The summed E-state index contributed by atoms with van der Waals surface area (Å²) in [6.45, 7) is 0. The van der Waals surface area contributed by atoms with Crippen molar-refractivity contribution in [2.45, 2.75) is 0 Å². The van der Waals surface area contributed by atoms with Crippen molar-refractivity contribution in [3.05, 3.63) is 84.6 Å². The zero-order valence-electron chi connectivity index (χ0n) is 14.2. The highest BCUT2D eigenvalue weighted by atomic mass is 127. The van der Waals surface area contributed by atoms with E-state index < -0.39 is 11.8 Å². The fraction of sp³-hybridized carbons (Fsp3) is 0. The highest BCUT2D eigenvalue weighted by Crippen LogP contribution is 2.17. The Morgan fingerprint density at radius 1 is 1.14 bits per heavy atom. The molecule has 0 bridgehead atoms. The van der Waals surface area contributed by atoms with Crippen LogP contribution in [0.1, 0.15) is 21.0 Å². The first-order valence-corrected chi connectivity index (χ1v) is 10.3. The molecule has 3 rings (SSSR count). The van der Waals surface area contributed by atoms with Crippen LogP contribution in [0.3, 0.4) is 0 Å². The summed E-state index contributed by atoms with van der Waals surface area (Å²) in [5.74, 6) is -0.576. The van der Waals surface area contributed by atoms with Crippen molar-refractivity contribution in [3.8, 4) is 0 Å². The molecule has 0 aliphatic carbocycles. The zero-order valence-corrected chi connectivity index (χ0v) is 17.9. The monoisotopic (exact) mass is 525 g/mol. The van der Waals surface area contributed by atoms with Gasteiger partial charge in [0.25, 0.3) is 11.8 Å². The summed E-state index contributed by atoms with van der Waals surface area (Å²) in [4.78, 5) is 25.9. The van der Waals surface area contributed by atoms with E-state index >= 15 is 0 Å². The van der Waals surface area contributed by atoms with E-state index in [0.29, 0.717) is 14.5 Å². The summed E-state index contributed by atoms with van der Waals surface area (Å²) in [6, 6.07) is 13.8. The molecule has 0 saturated carbocycles. The fourth-order valence-electron chi connectivity index (χ4n) is 2.12. The van der Waals surface area contributed by atoms with E-state index in [4.69, 9.17) is 16.0 Å². The highest BCUT2D eigenvalue weighted by molar-refractivity contribution is 14.1. The van der Waals surface area contributed by atoms with Crippen molar-refractivity contribution < 1.29 is 14.0 Å². The van der Waals surface area contributed by atoms with Crippen molar-refractivity contribution in [2.75, 3.05) is 0 Å². The van der Waals surface area contributed by atoms with Gasteiger partial charge in [-0.25, -0.2) is 5.43 Å². The number of benzene rings is 1. The summed E-state index contributed by atoms with van der Waals surface area (Å²) < 4.78 is 6.04. The molecule has 2 aromatic heterocycles. The lowest BCUT2D eigenvalue weighted by Crippen LogP contribution is -2.32. The smallest absolute Gasteiger partial charge is 0.287 e. The Hall–Kier alpha value is -2.43. The Bertz CT molecular complexity index is 1040. The molecule has 28 heavy (non-hydrogen) atoms. The second kappa shape index (κ2) is 9.67. The molecule has 1 aromatic carbocycles. The molecule has 0 aliphatic heterocycles. The number of amides is 2. The van der Waals surface area contributed by atoms with Crippen molar-refractivity contribution in [1.82, 2.24) is 10.7 Å². The molecule has 2 amide bonds. The van der Waals surface area contributed by atoms with Crippen molar-refractivity contribution in [3.63, 3.8) is 0 Å². The van der Waals surface area contributed by atoms with Gasteiger partial charge < -0.3 is 9.73 Å². The number of hydrazone groups is 1. The molecule has 3 aromatic rings. The predicted molar refractivity (Wildman–Crippen MR) is 118 cm³/mol. The van der Waals surface area contributed by atoms with Crippen LogP contribution >= 0.6 is 45.5 Å². The van der Waals surface area contributed by atoms with Gasteiger partial charge in [0, 0.05) is 4.88 Å². The maximum absolute atomic E-state index is 12.5. The Morgan fingerprint density at radius 3 is 2.64 bits per heavy atom. The first-order chi connectivity index (χ1) is 13.5. The number of hydrogen-bond acceptors (Lipinski definition) is 5. The highest BCUT2D eigenvalue weighted by Gasteiger charge is 2.16. The van der Waals surface area contributed by atoms with Gasteiger partial charge in [0.05, 0.1) is 16.8 Å². The van der Waals surface area contributed by atoms with Crippen LogP contribution in [0.4, 0.5) is 0 Å². The molecule has 9 heteroatoms. The number of nitrogens with one attached hydrogen (secondary N) is 2. The maximum atomic E-state index is 12.5. The third kappa shape index (κ3) is 5.54. The molecule has 0 atom stereocenters. The molecule has 0 saturated heterocycles. The molecule has 142 valence electrons. The zero-order chi connectivity index (χ0) is 19.9. The number of halogens is 2. The van der Waals surface area contributed by atoms with E-state index in [-0.39, 0.29) is 11.3 Å². The molecule has 2 N–H and O–H groups in total. The lowest BCUT2D eigenvalue weighted by Gasteiger charge is -2.09. The van der Waals surface area contributed by atoms with E-state index in [1.807, 2.05) is 40.1 Å². The number of thiophene rings is 1. The van der Waals surface area contributed by atoms with E-state index in [1.165, 1.54) is 17.6 Å². The van der Waals surface area contributed by atoms with Gasteiger partial charge in [-0.3, -0.25) is 9.59 Å². The SMILES string of the molecule is O=C(N/N=C/c1ccc(I)o1)/C(=C\c1cccs1)NC(=O)c1ccccc1Cl. The maximum Gasteiger partial charge on any atom is 0.287 e. The fourth-order valence-corrected chi connectivity index (χ4v) is 3.43. The second-order valence-corrected chi connectivity index (χ2v) is 7.80. The average molecular weight is 526 g/mol. The van der Waals surface area contributed by atoms with E-state index in [2.05, 4.69) is 15.8 Å². The van der Waals surface area contributed by atoms with Crippen LogP contribution in [0, 0.1) is 3.77 Å². The number of hydrogen-bond donors (Lipinski definition) is 2. The predicted octanol–water partition coefficient (Wildman–Crippen LogP) is 4.52. The van der Waals surface area contributed by atoms with Crippen LogP contribution in [0.15, 0.2) is 69.1 Å². The van der Waals surface area contributed by atoms with Gasteiger partial charge in [0.15, 0.2) is 3.77 Å². The molecule has 2 heterocycles. The molecule has 0 spiro atoms. The molecule has 0 radical (unpaired) electrons. The first-order valence-electron chi connectivity index (χ1n) is 7.93. The standard InChI is InChI=1S/C19H13ClIN3O3S/c20-15-6-2-1-5-14(15)18(25)23-16(10-13-4-3-9-28-13)19(26)24-22-11-12-7-8-17(21)27-12/h1-11H,(H,23,25)(H,24,26)/b16-10+,22-11+. The van der Waals surface area contributed by atoms with Crippen molar-refractivity contribution >= 4 is 69.6 Å². The topological polar surface area (TPSA) is 83.7 Å². The van der Waals surface area contributed by atoms with E-state index in [0.717, 1.165) is 4.88 Å². The van der Waals surface area contributed by atoms with E-state index in [9.17, 15) is 9.59 Å². The van der Waals surface area contributed by atoms with Crippen molar-refractivity contribution in [2.24, 2.45) is 5.10 Å². The normalized spacial score (nSPS) is 11.6. The van der Waals surface area contributed by atoms with Gasteiger partial charge >= 0.3 is 0 Å². The van der Waals surface area contributed by atoms with Crippen LogP contribution in [0.25, 0.3) is 6.08 Å². The van der Waals surface area contributed by atoms with Gasteiger partial charge in [-0.15, -0.1) is 11.3 Å². The van der Waals surface area contributed by atoms with Crippen LogP contribution in [-0.4, -0.2) is 18.0 Å².